The number of methoxy groups -OCH3 is 1. The van der Waals surface area contributed by atoms with E-state index in [2.05, 4.69) is 28.9 Å². The molecule has 8 nitrogen and oxygen atoms in total. The molecule has 4 rings (SSSR count). The van der Waals surface area contributed by atoms with E-state index in [9.17, 15) is 14.9 Å². The molecule has 0 bridgehead atoms. The average molecular weight is 583 g/mol. The van der Waals surface area contributed by atoms with Crippen molar-refractivity contribution in [3.05, 3.63) is 106 Å². The summed E-state index contributed by atoms with van der Waals surface area (Å²) in [6.07, 6.45) is 1.99. The second kappa shape index (κ2) is 14.8. The molecular weight excluding hydrogens is 548 g/mol. The molecule has 3 aromatic carbocycles. The Morgan fingerprint density at radius 3 is 2.52 bits per heavy atom. The van der Waals surface area contributed by atoms with Crippen molar-refractivity contribution in [2.45, 2.75) is 32.6 Å². The molecule has 1 unspecified atom stereocenters. The number of amides is 2. The molecule has 2 amide bonds. The quantitative estimate of drug-likeness (QED) is 0.207. The van der Waals surface area contributed by atoms with Crippen molar-refractivity contribution in [3.63, 3.8) is 0 Å². The van der Waals surface area contributed by atoms with Gasteiger partial charge in [0.2, 0.25) is 5.91 Å². The van der Waals surface area contributed by atoms with Gasteiger partial charge in [0.25, 0.3) is 5.91 Å². The van der Waals surface area contributed by atoms with Crippen LogP contribution in [0.2, 0.25) is 0 Å². The van der Waals surface area contributed by atoms with E-state index in [-0.39, 0.29) is 17.6 Å². The predicted octanol–water partition coefficient (Wildman–Crippen LogP) is 6.58. The predicted molar refractivity (Wildman–Crippen MR) is 167 cm³/mol. The van der Waals surface area contributed by atoms with Crippen LogP contribution in [0.15, 0.2) is 101 Å². The van der Waals surface area contributed by atoms with Gasteiger partial charge in [-0.1, -0.05) is 73.6 Å². The Morgan fingerprint density at radius 2 is 1.79 bits per heavy atom. The summed E-state index contributed by atoms with van der Waals surface area (Å²) in [6.45, 7) is 4.52. The van der Waals surface area contributed by atoms with Crippen molar-refractivity contribution in [2.75, 3.05) is 30.1 Å². The second-order valence-corrected chi connectivity index (χ2v) is 10.6. The first-order chi connectivity index (χ1) is 20.4. The van der Waals surface area contributed by atoms with Crippen molar-refractivity contribution in [1.82, 2.24) is 5.32 Å². The summed E-state index contributed by atoms with van der Waals surface area (Å²) in [4.78, 5) is 26.6. The highest BCUT2D eigenvalue weighted by atomic mass is 32.2. The zero-order chi connectivity index (χ0) is 29.9. The van der Waals surface area contributed by atoms with Crippen molar-refractivity contribution in [3.8, 4) is 17.6 Å². The number of carbonyl (C=O) groups excluding carboxylic acids is 2. The lowest BCUT2D eigenvalue weighted by molar-refractivity contribution is -0.114. The first-order valence-corrected chi connectivity index (χ1v) is 14.7. The van der Waals surface area contributed by atoms with Gasteiger partial charge in [0.1, 0.15) is 11.5 Å². The number of thioether (sulfide) groups is 1. The van der Waals surface area contributed by atoms with Crippen molar-refractivity contribution in [2.24, 2.45) is 0 Å². The van der Waals surface area contributed by atoms with Gasteiger partial charge in [-0.15, -0.1) is 0 Å². The SMILES string of the molecule is CCCCOc1cccc(NC(=O)CSC2=C(C#N)C(c3ccccc3)C(C(=O)Nc3ccccc3OC)=C(C)N2)c1. The molecule has 3 N–H and O–H groups in total. The molecule has 0 aliphatic carbocycles. The van der Waals surface area contributed by atoms with Gasteiger partial charge in [-0.25, -0.2) is 0 Å². The Bertz CT molecular complexity index is 1530. The standard InChI is InChI=1S/C33H34N4O4S/c1-4-5-18-41-25-15-11-14-24(19-25)36-29(38)21-42-33-26(20-34)31(23-12-7-6-8-13-23)30(22(2)35-33)32(39)37-27-16-9-10-17-28(27)40-3/h6-17,19,31,35H,4-5,18,21H2,1-3H3,(H,36,38)(H,37,39). The van der Waals surface area contributed by atoms with Gasteiger partial charge in [0, 0.05) is 23.0 Å². The number of rotatable bonds is 12. The molecule has 3 aromatic rings. The highest BCUT2D eigenvalue weighted by Crippen LogP contribution is 2.41. The highest BCUT2D eigenvalue weighted by Gasteiger charge is 2.35. The third-order valence-corrected chi connectivity index (χ3v) is 7.63. The molecule has 1 heterocycles. The van der Waals surface area contributed by atoms with Crippen LogP contribution in [0.5, 0.6) is 11.5 Å². The molecule has 0 saturated carbocycles. The summed E-state index contributed by atoms with van der Waals surface area (Å²) < 4.78 is 11.1. The summed E-state index contributed by atoms with van der Waals surface area (Å²) in [5, 5.41) is 19.9. The number of ether oxygens (including phenoxy) is 2. The fourth-order valence-corrected chi connectivity index (χ4v) is 5.47. The van der Waals surface area contributed by atoms with Crippen molar-refractivity contribution >= 4 is 35.0 Å². The van der Waals surface area contributed by atoms with E-state index in [1.165, 1.54) is 11.8 Å². The van der Waals surface area contributed by atoms with E-state index >= 15 is 0 Å². The molecule has 0 saturated heterocycles. The lowest BCUT2D eigenvalue weighted by atomic mass is 9.82. The van der Waals surface area contributed by atoms with Gasteiger partial charge >= 0.3 is 0 Å². The first kappa shape index (κ1) is 30.3. The molecule has 1 aliphatic heterocycles. The van der Waals surface area contributed by atoms with E-state index in [1.54, 1.807) is 38.3 Å². The number of hydrogen-bond acceptors (Lipinski definition) is 7. The van der Waals surface area contributed by atoms with E-state index < -0.39 is 5.92 Å². The number of nitriles is 1. The number of unbranched alkanes of at least 4 members (excludes halogenated alkanes) is 1. The number of dihydropyridines is 1. The molecule has 0 radical (unpaired) electrons. The van der Waals surface area contributed by atoms with Crippen LogP contribution in [-0.2, 0) is 9.59 Å². The second-order valence-electron chi connectivity index (χ2n) is 9.58. The Hall–Kier alpha value is -4.68. The normalized spacial score (nSPS) is 14.5. The zero-order valence-electron chi connectivity index (χ0n) is 23.9. The maximum Gasteiger partial charge on any atom is 0.254 e. The van der Waals surface area contributed by atoms with Gasteiger partial charge in [0.05, 0.1) is 47.7 Å². The summed E-state index contributed by atoms with van der Waals surface area (Å²) in [6, 6.07) is 26.2. The number of para-hydroxylation sites is 2. The lowest BCUT2D eigenvalue weighted by Gasteiger charge is -2.30. The minimum atomic E-state index is -0.630. The number of carbonyl (C=O) groups is 2. The van der Waals surface area contributed by atoms with Crippen LogP contribution in [-0.4, -0.2) is 31.3 Å². The third kappa shape index (κ3) is 7.53. The maximum absolute atomic E-state index is 13.7. The van der Waals surface area contributed by atoms with E-state index in [1.807, 2.05) is 54.6 Å². The van der Waals surface area contributed by atoms with Crippen LogP contribution in [0.25, 0.3) is 0 Å². The largest absolute Gasteiger partial charge is 0.495 e. The smallest absolute Gasteiger partial charge is 0.254 e. The molecule has 1 aliphatic rings. The summed E-state index contributed by atoms with van der Waals surface area (Å²) in [5.41, 5.74) is 3.32. The fourth-order valence-electron chi connectivity index (χ4n) is 4.58. The molecule has 9 heteroatoms. The van der Waals surface area contributed by atoms with Crippen LogP contribution in [0.3, 0.4) is 0 Å². The van der Waals surface area contributed by atoms with Crippen molar-refractivity contribution in [1.29, 1.82) is 5.26 Å². The molecule has 216 valence electrons. The number of benzene rings is 3. The molecule has 42 heavy (non-hydrogen) atoms. The Labute approximate surface area is 250 Å². The van der Waals surface area contributed by atoms with E-state index in [0.29, 0.717) is 51.4 Å². The zero-order valence-corrected chi connectivity index (χ0v) is 24.7. The summed E-state index contributed by atoms with van der Waals surface area (Å²) in [7, 11) is 1.54. The van der Waals surface area contributed by atoms with Gasteiger partial charge in [-0.2, -0.15) is 5.26 Å². The molecule has 0 spiro atoms. The molecule has 0 fully saturated rings. The summed E-state index contributed by atoms with van der Waals surface area (Å²) >= 11 is 1.22. The topological polar surface area (TPSA) is 112 Å². The number of anilines is 2. The van der Waals surface area contributed by atoms with E-state index in [0.717, 1.165) is 18.4 Å². The number of nitrogens with zero attached hydrogens (tertiary/aromatic N) is 1. The fraction of sp³-hybridized carbons (Fsp3) is 0.242. The highest BCUT2D eigenvalue weighted by molar-refractivity contribution is 8.03. The van der Waals surface area contributed by atoms with Crippen LogP contribution in [0, 0.1) is 11.3 Å². The molecular formula is C33H34N4O4S. The van der Waals surface area contributed by atoms with Crippen LogP contribution in [0.4, 0.5) is 11.4 Å². The minimum absolute atomic E-state index is 0.0615. The number of nitrogens with one attached hydrogen (secondary N) is 3. The number of allylic oxidation sites excluding steroid dienone is 2. The van der Waals surface area contributed by atoms with Crippen LogP contribution in [0.1, 0.15) is 38.2 Å². The minimum Gasteiger partial charge on any atom is -0.495 e. The molecule has 0 aromatic heterocycles. The Kier molecular flexibility index (Phi) is 10.7. The third-order valence-electron chi connectivity index (χ3n) is 6.61. The van der Waals surface area contributed by atoms with Gasteiger partial charge in [-0.05, 0) is 43.2 Å². The lowest BCUT2D eigenvalue weighted by Crippen LogP contribution is -2.31. The van der Waals surface area contributed by atoms with E-state index in [4.69, 9.17) is 9.47 Å². The molecule has 1 atom stereocenters. The first-order valence-electron chi connectivity index (χ1n) is 13.7. The van der Waals surface area contributed by atoms with Gasteiger partial charge < -0.3 is 25.4 Å². The number of hydrogen-bond donors (Lipinski definition) is 3. The van der Waals surface area contributed by atoms with Crippen LogP contribution >= 0.6 is 11.8 Å². The van der Waals surface area contributed by atoms with Crippen molar-refractivity contribution < 1.29 is 19.1 Å². The summed E-state index contributed by atoms with van der Waals surface area (Å²) in [5.74, 6) is 0.0770. The Balaban J connectivity index is 1.54. The monoisotopic (exact) mass is 582 g/mol. The van der Waals surface area contributed by atoms with Gasteiger partial charge in [0.15, 0.2) is 0 Å². The van der Waals surface area contributed by atoms with Gasteiger partial charge in [-0.3, -0.25) is 9.59 Å². The average Bonchev–Trinajstić information content (AvgIpc) is 3.00. The van der Waals surface area contributed by atoms with Crippen LogP contribution < -0.4 is 25.4 Å². The maximum atomic E-state index is 13.7. The Morgan fingerprint density at radius 1 is 1.02 bits per heavy atom.